The number of ether oxygens (including phenoxy) is 1. The summed E-state index contributed by atoms with van der Waals surface area (Å²) in [6, 6.07) is 4.54. The van der Waals surface area contributed by atoms with E-state index in [1.165, 1.54) is 19.2 Å². The molecule has 0 aliphatic carbocycles. The Morgan fingerprint density at radius 3 is 2.65 bits per heavy atom. The van der Waals surface area contributed by atoms with Crippen molar-refractivity contribution in [2.24, 2.45) is 0 Å². The number of rotatable bonds is 5. The Morgan fingerprint density at radius 2 is 2.18 bits per heavy atom. The van der Waals surface area contributed by atoms with Gasteiger partial charge in [-0.1, -0.05) is 22.5 Å². The van der Waals surface area contributed by atoms with Gasteiger partial charge in [-0.2, -0.15) is 0 Å². The molecule has 0 radical (unpaired) electrons. The van der Waals surface area contributed by atoms with Gasteiger partial charge in [0.25, 0.3) is 0 Å². The van der Waals surface area contributed by atoms with E-state index >= 15 is 0 Å². The third kappa shape index (κ3) is 4.09. The van der Waals surface area contributed by atoms with Crippen LogP contribution in [0.2, 0.25) is 0 Å². The standard InChI is InChI=1S/C10H11Br2NO3S/c1-7(11)6-13-17(14,15)8-3-4-10(16-2)9(12)5-8/h3-5,13H,1,6H2,2H3. The van der Waals surface area contributed by atoms with Gasteiger partial charge in [-0.25, -0.2) is 13.1 Å². The zero-order chi connectivity index (χ0) is 13.1. The zero-order valence-corrected chi connectivity index (χ0v) is 13.0. The summed E-state index contributed by atoms with van der Waals surface area (Å²) in [5.74, 6) is 0.578. The third-order valence-electron chi connectivity index (χ3n) is 1.89. The first-order valence-electron chi connectivity index (χ1n) is 4.53. The minimum Gasteiger partial charge on any atom is -0.496 e. The van der Waals surface area contributed by atoms with Crippen LogP contribution in [0.15, 0.2) is 38.6 Å². The van der Waals surface area contributed by atoms with E-state index in [9.17, 15) is 8.42 Å². The van der Waals surface area contributed by atoms with Gasteiger partial charge >= 0.3 is 0 Å². The molecule has 1 rings (SSSR count). The van der Waals surface area contributed by atoms with E-state index in [-0.39, 0.29) is 11.4 Å². The van der Waals surface area contributed by atoms with Crippen LogP contribution in [0, 0.1) is 0 Å². The molecule has 0 fully saturated rings. The van der Waals surface area contributed by atoms with E-state index in [0.29, 0.717) is 14.7 Å². The van der Waals surface area contributed by atoms with Crippen LogP contribution < -0.4 is 9.46 Å². The maximum absolute atomic E-state index is 11.9. The fraction of sp³-hybridized carbons (Fsp3) is 0.200. The molecule has 0 aromatic heterocycles. The van der Waals surface area contributed by atoms with Crippen LogP contribution in [0.4, 0.5) is 0 Å². The van der Waals surface area contributed by atoms with Crippen LogP contribution in [0.3, 0.4) is 0 Å². The molecule has 0 bridgehead atoms. The van der Waals surface area contributed by atoms with Crippen molar-refractivity contribution < 1.29 is 13.2 Å². The molecule has 0 amide bonds. The van der Waals surface area contributed by atoms with Crippen LogP contribution in [0.5, 0.6) is 5.75 Å². The molecule has 94 valence electrons. The number of hydrogen-bond acceptors (Lipinski definition) is 3. The van der Waals surface area contributed by atoms with E-state index in [4.69, 9.17) is 4.74 Å². The highest BCUT2D eigenvalue weighted by Crippen LogP contribution is 2.27. The Hall–Kier alpha value is -0.370. The molecular formula is C10H11Br2NO3S. The molecule has 0 aliphatic rings. The van der Waals surface area contributed by atoms with Gasteiger partial charge in [-0.05, 0) is 34.1 Å². The van der Waals surface area contributed by atoms with Crippen molar-refractivity contribution in [3.8, 4) is 5.75 Å². The van der Waals surface area contributed by atoms with Gasteiger partial charge in [0.05, 0.1) is 16.5 Å². The van der Waals surface area contributed by atoms with E-state index in [2.05, 4.69) is 43.2 Å². The SMILES string of the molecule is C=C(Br)CNS(=O)(=O)c1ccc(OC)c(Br)c1. The van der Waals surface area contributed by atoms with E-state index < -0.39 is 10.0 Å². The molecule has 7 heteroatoms. The predicted octanol–water partition coefficient (Wildman–Crippen LogP) is 2.64. The lowest BCUT2D eigenvalue weighted by Gasteiger charge is -2.08. The third-order valence-corrected chi connectivity index (χ3v) is 4.19. The highest BCUT2D eigenvalue weighted by Gasteiger charge is 2.15. The summed E-state index contributed by atoms with van der Waals surface area (Å²) in [7, 11) is -2.01. The van der Waals surface area contributed by atoms with Crippen LogP contribution in [-0.2, 0) is 10.0 Å². The van der Waals surface area contributed by atoms with Crippen LogP contribution >= 0.6 is 31.9 Å². The smallest absolute Gasteiger partial charge is 0.240 e. The Kier molecular flexibility index (Phi) is 5.18. The summed E-state index contributed by atoms with van der Waals surface area (Å²) < 4.78 is 32.3. The largest absolute Gasteiger partial charge is 0.496 e. The topological polar surface area (TPSA) is 55.4 Å². The highest BCUT2D eigenvalue weighted by molar-refractivity contribution is 9.11. The highest BCUT2D eigenvalue weighted by atomic mass is 79.9. The molecule has 1 aromatic rings. The second kappa shape index (κ2) is 5.99. The van der Waals surface area contributed by atoms with Crippen LogP contribution in [0.25, 0.3) is 0 Å². The van der Waals surface area contributed by atoms with Gasteiger partial charge in [0.2, 0.25) is 10.0 Å². The average molecular weight is 385 g/mol. The molecule has 0 spiro atoms. The lowest BCUT2D eigenvalue weighted by Crippen LogP contribution is -2.24. The van der Waals surface area contributed by atoms with Crippen LogP contribution in [0.1, 0.15) is 0 Å². The van der Waals surface area contributed by atoms with Crippen molar-refractivity contribution in [1.82, 2.24) is 4.72 Å². The van der Waals surface area contributed by atoms with Crippen molar-refractivity contribution in [2.75, 3.05) is 13.7 Å². The summed E-state index contributed by atoms with van der Waals surface area (Å²) in [5.41, 5.74) is 0. The maximum atomic E-state index is 11.9. The number of methoxy groups -OCH3 is 1. The summed E-state index contributed by atoms with van der Waals surface area (Å²) >= 11 is 6.32. The van der Waals surface area contributed by atoms with E-state index in [1.807, 2.05) is 0 Å². The van der Waals surface area contributed by atoms with Gasteiger partial charge < -0.3 is 4.74 Å². The first-order valence-corrected chi connectivity index (χ1v) is 7.60. The van der Waals surface area contributed by atoms with Gasteiger partial charge in [0, 0.05) is 11.0 Å². The van der Waals surface area contributed by atoms with Crippen molar-refractivity contribution in [3.63, 3.8) is 0 Å². The first kappa shape index (κ1) is 14.7. The maximum Gasteiger partial charge on any atom is 0.240 e. The summed E-state index contributed by atoms with van der Waals surface area (Å²) in [4.78, 5) is 0.166. The minimum absolute atomic E-state index is 0.145. The predicted molar refractivity (Wildman–Crippen MR) is 73.9 cm³/mol. The molecular weight excluding hydrogens is 374 g/mol. The Labute approximate surface area is 117 Å². The summed E-state index contributed by atoms with van der Waals surface area (Å²) in [6.45, 7) is 3.70. The molecule has 0 heterocycles. The lowest BCUT2D eigenvalue weighted by molar-refractivity contribution is 0.411. The van der Waals surface area contributed by atoms with E-state index in [0.717, 1.165) is 0 Å². The molecule has 4 nitrogen and oxygen atoms in total. The zero-order valence-electron chi connectivity index (χ0n) is 9.04. The van der Waals surface area contributed by atoms with Gasteiger partial charge in [-0.3, -0.25) is 0 Å². The second-order valence-electron chi connectivity index (χ2n) is 3.14. The molecule has 0 unspecified atom stereocenters. The average Bonchev–Trinajstić information content (AvgIpc) is 2.26. The Balaban J connectivity index is 2.99. The fourth-order valence-corrected chi connectivity index (χ4v) is 3.14. The number of hydrogen-bond donors (Lipinski definition) is 1. The lowest BCUT2D eigenvalue weighted by atomic mass is 10.3. The van der Waals surface area contributed by atoms with Crippen molar-refractivity contribution >= 4 is 41.9 Å². The molecule has 1 aromatic carbocycles. The number of sulfonamides is 1. The minimum atomic E-state index is -3.53. The normalized spacial score (nSPS) is 11.2. The van der Waals surface area contributed by atoms with Crippen molar-refractivity contribution in [3.05, 3.63) is 33.7 Å². The Morgan fingerprint density at radius 1 is 1.53 bits per heavy atom. The van der Waals surface area contributed by atoms with Gasteiger partial charge in [0.1, 0.15) is 5.75 Å². The van der Waals surface area contributed by atoms with Crippen molar-refractivity contribution in [1.29, 1.82) is 0 Å². The number of benzene rings is 1. The Bertz CT molecular complexity index is 528. The van der Waals surface area contributed by atoms with Crippen LogP contribution in [-0.4, -0.2) is 22.1 Å². The molecule has 0 saturated heterocycles. The quantitative estimate of drug-likeness (QED) is 0.848. The number of halogens is 2. The van der Waals surface area contributed by atoms with Gasteiger partial charge in [-0.15, -0.1) is 0 Å². The van der Waals surface area contributed by atoms with Gasteiger partial charge in [0.15, 0.2) is 0 Å². The summed E-state index contributed by atoms with van der Waals surface area (Å²) in [6.07, 6.45) is 0. The summed E-state index contributed by atoms with van der Waals surface area (Å²) in [5, 5.41) is 0. The second-order valence-corrected chi connectivity index (χ2v) is 6.88. The molecule has 0 saturated carbocycles. The number of nitrogens with one attached hydrogen (secondary N) is 1. The monoisotopic (exact) mass is 383 g/mol. The molecule has 0 aliphatic heterocycles. The fourth-order valence-electron chi connectivity index (χ4n) is 1.07. The molecule has 17 heavy (non-hydrogen) atoms. The van der Waals surface area contributed by atoms with Crippen molar-refractivity contribution in [2.45, 2.75) is 4.90 Å². The first-order chi connectivity index (χ1) is 7.86. The van der Waals surface area contributed by atoms with E-state index in [1.54, 1.807) is 6.07 Å². The molecule has 1 N–H and O–H groups in total. The molecule has 0 atom stereocenters.